The molecule has 1 aliphatic rings. The fourth-order valence-corrected chi connectivity index (χ4v) is 1.90. The lowest BCUT2D eigenvalue weighted by atomic mass is 10.1. The van der Waals surface area contributed by atoms with Gasteiger partial charge in [0.05, 0.1) is 12.6 Å². The first-order valence-corrected chi connectivity index (χ1v) is 5.78. The summed E-state index contributed by atoms with van der Waals surface area (Å²) < 4.78 is 5.04. The topological polar surface area (TPSA) is 50.4 Å². The molecule has 1 aliphatic heterocycles. The molecule has 88 valence electrons. The number of carbonyl (C=O) groups excluding carboxylic acids is 1. The Bertz CT molecular complexity index is 191. The van der Waals surface area contributed by atoms with Crippen LogP contribution >= 0.6 is 0 Å². The number of nitrogens with one attached hydrogen (secondary N) is 2. The molecule has 0 radical (unpaired) electrons. The number of amides is 1. The van der Waals surface area contributed by atoms with Crippen molar-refractivity contribution in [3.05, 3.63) is 0 Å². The van der Waals surface area contributed by atoms with Crippen molar-refractivity contribution in [3.63, 3.8) is 0 Å². The Kier molecular flexibility index (Phi) is 5.65. The maximum Gasteiger partial charge on any atom is 0.221 e. The van der Waals surface area contributed by atoms with Crippen molar-refractivity contribution in [2.75, 3.05) is 20.3 Å². The number of ether oxygens (including phenoxy) is 1. The highest BCUT2D eigenvalue weighted by atomic mass is 16.5. The van der Waals surface area contributed by atoms with Gasteiger partial charge in [0, 0.05) is 19.6 Å². The van der Waals surface area contributed by atoms with Gasteiger partial charge in [0.25, 0.3) is 0 Å². The zero-order valence-electron chi connectivity index (χ0n) is 9.71. The number of hydrogen-bond acceptors (Lipinski definition) is 3. The van der Waals surface area contributed by atoms with Gasteiger partial charge < -0.3 is 15.4 Å². The summed E-state index contributed by atoms with van der Waals surface area (Å²) in [6, 6.07) is 0.536. The van der Waals surface area contributed by atoms with E-state index in [1.54, 1.807) is 7.11 Å². The molecule has 0 aliphatic carbocycles. The van der Waals surface area contributed by atoms with Crippen LogP contribution in [0.15, 0.2) is 0 Å². The van der Waals surface area contributed by atoms with Crippen molar-refractivity contribution in [2.45, 2.75) is 44.7 Å². The molecule has 1 heterocycles. The first-order valence-electron chi connectivity index (χ1n) is 5.78. The third kappa shape index (κ3) is 4.62. The summed E-state index contributed by atoms with van der Waals surface area (Å²) in [4.78, 5) is 11.6. The van der Waals surface area contributed by atoms with Crippen molar-refractivity contribution in [1.82, 2.24) is 10.6 Å². The molecule has 1 rings (SSSR count). The van der Waals surface area contributed by atoms with Crippen LogP contribution in [0.2, 0.25) is 0 Å². The Morgan fingerprint density at radius 2 is 2.47 bits per heavy atom. The first-order chi connectivity index (χ1) is 7.26. The van der Waals surface area contributed by atoms with Crippen LogP contribution < -0.4 is 10.6 Å². The summed E-state index contributed by atoms with van der Waals surface area (Å²) in [6.45, 7) is 3.70. The van der Waals surface area contributed by atoms with E-state index < -0.39 is 0 Å². The van der Waals surface area contributed by atoms with Gasteiger partial charge in [-0.05, 0) is 25.8 Å². The molecule has 0 aromatic carbocycles. The lowest BCUT2D eigenvalue weighted by Gasteiger charge is -2.17. The molecule has 1 saturated heterocycles. The minimum Gasteiger partial charge on any atom is -0.383 e. The van der Waals surface area contributed by atoms with Crippen LogP contribution in [0.25, 0.3) is 0 Å². The van der Waals surface area contributed by atoms with Crippen LogP contribution in [0, 0.1) is 0 Å². The lowest BCUT2D eigenvalue weighted by molar-refractivity contribution is -0.122. The summed E-state index contributed by atoms with van der Waals surface area (Å²) in [5, 5.41) is 6.31. The quantitative estimate of drug-likeness (QED) is 0.683. The lowest BCUT2D eigenvalue weighted by Crippen LogP contribution is -2.40. The number of carbonyl (C=O) groups is 1. The van der Waals surface area contributed by atoms with Gasteiger partial charge in [-0.3, -0.25) is 4.79 Å². The van der Waals surface area contributed by atoms with E-state index >= 15 is 0 Å². The summed E-state index contributed by atoms with van der Waals surface area (Å²) in [6.07, 6.45) is 3.82. The second-order valence-electron chi connectivity index (χ2n) is 4.13. The first kappa shape index (κ1) is 12.5. The van der Waals surface area contributed by atoms with E-state index in [0.717, 1.165) is 19.4 Å². The molecule has 4 nitrogen and oxygen atoms in total. The van der Waals surface area contributed by atoms with Crippen molar-refractivity contribution in [2.24, 2.45) is 0 Å². The fourth-order valence-electron chi connectivity index (χ4n) is 1.90. The smallest absolute Gasteiger partial charge is 0.221 e. The number of hydrogen-bond donors (Lipinski definition) is 2. The predicted molar refractivity (Wildman–Crippen MR) is 59.7 cm³/mol. The zero-order chi connectivity index (χ0) is 11.1. The van der Waals surface area contributed by atoms with Gasteiger partial charge in [0.15, 0.2) is 0 Å². The molecule has 2 unspecified atom stereocenters. The molecule has 1 fully saturated rings. The summed E-state index contributed by atoms with van der Waals surface area (Å²) >= 11 is 0. The summed E-state index contributed by atoms with van der Waals surface area (Å²) in [7, 11) is 1.66. The van der Waals surface area contributed by atoms with Gasteiger partial charge in [-0.2, -0.15) is 0 Å². The molecule has 0 spiro atoms. The molecule has 15 heavy (non-hydrogen) atoms. The van der Waals surface area contributed by atoms with E-state index in [1.165, 1.54) is 6.42 Å². The van der Waals surface area contributed by atoms with Gasteiger partial charge in [-0.15, -0.1) is 0 Å². The Morgan fingerprint density at radius 1 is 1.67 bits per heavy atom. The van der Waals surface area contributed by atoms with Gasteiger partial charge >= 0.3 is 0 Å². The van der Waals surface area contributed by atoms with Gasteiger partial charge in [-0.1, -0.05) is 6.92 Å². The van der Waals surface area contributed by atoms with Gasteiger partial charge in [0.2, 0.25) is 5.91 Å². The van der Waals surface area contributed by atoms with Crippen molar-refractivity contribution in [3.8, 4) is 0 Å². The van der Waals surface area contributed by atoms with Crippen molar-refractivity contribution < 1.29 is 9.53 Å². The van der Waals surface area contributed by atoms with E-state index in [1.807, 2.05) is 0 Å². The molecule has 2 atom stereocenters. The molecule has 4 heteroatoms. The van der Waals surface area contributed by atoms with Gasteiger partial charge in [-0.25, -0.2) is 0 Å². The highest BCUT2D eigenvalue weighted by Crippen LogP contribution is 2.08. The minimum absolute atomic E-state index is 0.137. The van der Waals surface area contributed by atoms with Crippen LogP contribution in [0.1, 0.15) is 32.6 Å². The Balaban J connectivity index is 2.20. The second-order valence-corrected chi connectivity index (χ2v) is 4.13. The molecule has 0 aromatic rings. The van der Waals surface area contributed by atoms with Crippen molar-refractivity contribution in [1.29, 1.82) is 0 Å². The van der Waals surface area contributed by atoms with Crippen LogP contribution in [0.5, 0.6) is 0 Å². The Labute approximate surface area is 91.8 Å². The van der Waals surface area contributed by atoms with E-state index in [-0.39, 0.29) is 11.9 Å². The molecular weight excluding hydrogens is 192 g/mol. The third-order valence-corrected chi connectivity index (χ3v) is 2.82. The molecule has 1 amide bonds. The molecule has 0 saturated carbocycles. The van der Waals surface area contributed by atoms with Crippen LogP contribution in [0.4, 0.5) is 0 Å². The monoisotopic (exact) mass is 214 g/mol. The highest BCUT2D eigenvalue weighted by molar-refractivity contribution is 5.76. The van der Waals surface area contributed by atoms with Crippen LogP contribution in [0.3, 0.4) is 0 Å². The zero-order valence-corrected chi connectivity index (χ0v) is 9.71. The van der Waals surface area contributed by atoms with Crippen molar-refractivity contribution >= 4 is 5.91 Å². The standard InChI is InChI=1S/C11H22N2O2/c1-3-9(8-15-2)13-11(14)7-10-5-4-6-12-10/h9-10,12H,3-8H2,1-2H3,(H,13,14). The number of methoxy groups -OCH3 is 1. The summed E-state index contributed by atoms with van der Waals surface area (Å²) in [5.74, 6) is 0.137. The number of rotatable bonds is 6. The Morgan fingerprint density at radius 3 is 3.00 bits per heavy atom. The Hall–Kier alpha value is -0.610. The summed E-state index contributed by atoms with van der Waals surface area (Å²) in [5.41, 5.74) is 0. The SMILES string of the molecule is CCC(COC)NC(=O)CC1CCCN1. The van der Waals surface area contributed by atoms with E-state index in [9.17, 15) is 4.79 Å². The predicted octanol–water partition coefficient (Wildman–Crippen LogP) is 0.670. The maximum absolute atomic E-state index is 11.6. The van der Waals surface area contributed by atoms with Crippen LogP contribution in [-0.2, 0) is 9.53 Å². The van der Waals surface area contributed by atoms with E-state index in [2.05, 4.69) is 17.6 Å². The highest BCUT2D eigenvalue weighted by Gasteiger charge is 2.18. The average Bonchev–Trinajstić information content (AvgIpc) is 2.69. The molecule has 0 aromatic heterocycles. The van der Waals surface area contributed by atoms with Crippen LogP contribution in [-0.4, -0.2) is 38.3 Å². The average molecular weight is 214 g/mol. The molecule has 0 bridgehead atoms. The molecule has 2 N–H and O–H groups in total. The van der Waals surface area contributed by atoms with Gasteiger partial charge in [0.1, 0.15) is 0 Å². The second kappa shape index (κ2) is 6.80. The molecular formula is C11H22N2O2. The largest absolute Gasteiger partial charge is 0.383 e. The minimum atomic E-state index is 0.137. The fraction of sp³-hybridized carbons (Fsp3) is 0.909. The normalized spacial score (nSPS) is 22.7. The van der Waals surface area contributed by atoms with E-state index in [0.29, 0.717) is 19.1 Å². The maximum atomic E-state index is 11.6. The third-order valence-electron chi connectivity index (χ3n) is 2.82. The van der Waals surface area contributed by atoms with E-state index in [4.69, 9.17) is 4.74 Å².